The van der Waals surface area contributed by atoms with E-state index in [1.54, 1.807) is 13.1 Å². The molecule has 0 amide bonds. The lowest BCUT2D eigenvalue weighted by atomic mass is 10.1. The van der Waals surface area contributed by atoms with Crippen LogP contribution in [0.3, 0.4) is 0 Å². The normalized spacial score (nSPS) is 11.6. The van der Waals surface area contributed by atoms with E-state index >= 15 is 0 Å². The Kier molecular flexibility index (Phi) is 3.75. The summed E-state index contributed by atoms with van der Waals surface area (Å²) in [5.74, 6) is 0.218. The van der Waals surface area contributed by atoms with Crippen molar-refractivity contribution in [2.45, 2.75) is 12.9 Å². The van der Waals surface area contributed by atoms with Gasteiger partial charge in [-0.3, -0.25) is 0 Å². The standard InChI is InChI=1S/C12H11F3N2O2/c1-16-7-9-6-11(19-17-9)8-2-4-10(5-3-8)18-12(13,14)15/h2-6,16H,7H2,1H3. The van der Waals surface area contributed by atoms with Gasteiger partial charge in [-0.1, -0.05) is 5.16 Å². The highest BCUT2D eigenvalue weighted by atomic mass is 19.4. The minimum atomic E-state index is -4.69. The molecule has 0 fully saturated rings. The number of benzene rings is 1. The molecule has 0 bridgehead atoms. The van der Waals surface area contributed by atoms with E-state index in [-0.39, 0.29) is 5.75 Å². The molecule has 1 N–H and O–H groups in total. The largest absolute Gasteiger partial charge is 0.573 e. The van der Waals surface area contributed by atoms with Crippen LogP contribution in [0.15, 0.2) is 34.9 Å². The van der Waals surface area contributed by atoms with Crippen LogP contribution in [0.1, 0.15) is 5.69 Å². The molecule has 1 aromatic carbocycles. The van der Waals surface area contributed by atoms with Crippen molar-refractivity contribution < 1.29 is 22.4 Å². The van der Waals surface area contributed by atoms with Crippen molar-refractivity contribution in [1.82, 2.24) is 10.5 Å². The molecule has 102 valence electrons. The number of rotatable bonds is 4. The monoisotopic (exact) mass is 272 g/mol. The summed E-state index contributed by atoms with van der Waals surface area (Å²) in [5, 5.41) is 6.73. The van der Waals surface area contributed by atoms with E-state index in [4.69, 9.17) is 4.52 Å². The Hall–Kier alpha value is -2.02. The van der Waals surface area contributed by atoms with Gasteiger partial charge >= 0.3 is 6.36 Å². The van der Waals surface area contributed by atoms with Crippen LogP contribution in [0.25, 0.3) is 11.3 Å². The van der Waals surface area contributed by atoms with E-state index in [9.17, 15) is 13.2 Å². The topological polar surface area (TPSA) is 47.3 Å². The summed E-state index contributed by atoms with van der Waals surface area (Å²) >= 11 is 0. The predicted molar refractivity (Wildman–Crippen MR) is 61.4 cm³/mol. The number of halogens is 3. The first-order valence-corrected chi connectivity index (χ1v) is 5.44. The van der Waals surface area contributed by atoms with Gasteiger partial charge < -0.3 is 14.6 Å². The fraction of sp³-hybridized carbons (Fsp3) is 0.250. The maximum Gasteiger partial charge on any atom is 0.573 e. The molecule has 0 aliphatic heterocycles. The van der Waals surface area contributed by atoms with Crippen molar-refractivity contribution in [3.63, 3.8) is 0 Å². The third kappa shape index (κ3) is 3.72. The van der Waals surface area contributed by atoms with Gasteiger partial charge in [0.15, 0.2) is 5.76 Å². The van der Waals surface area contributed by atoms with E-state index in [1.165, 1.54) is 24.3 Å². The first-order valence-electron chi connectivity index (χ1n) is 5.44. The summed E-state index contributed by atoms with van der Waals surface area (Å²) in [6.07, 6.45) is -4.69. The Bertz CT molecular complexity index is 535. The highest BCUT2D eigenvalue weighted by molar-refractivity contribution is 5.58. The molecular formula is C12H11F3N2O2. The number of nitrogens with zero attached hydrogens (tertiary/aromatic N) is 1. The van der Waals surface area contributed by atoms with E-state index in [1.807, 2.05) is 0 Å². The number of ether oxygens (including phenoxy) is 1. The molecule has 19 heavy (non-hydrogen) atoms. The van der Waals surface area contributed by atoms with Crippen LogP contribution in [0.5, 0.6) is 5.75 Å². The van der Waals surface area contributed by atoms with E-state index < -0.39 is 6.36 Å². The van der Waals surface area contributed by atoms with Gasteiger partial charge in [0.25, 0.3) is 0 Å². The maximum absolute atomic E-state index is 12.0. The first-order chi connectivity index (χ1) is 8.98. The molecule has 1 aromatic heterocycles. The second-order valence-corrected chi connectivity index (χ2v) is 3.79. The molecule has 0 spiro atoms. The van der Waals surface area contributed by atoms with Crippen molar-refractivity contribution in [3.8, 4) is 17.1 Å². The molecule has 0 radical (unpaired) electrons. The van der Waals surface area contributed by atoms with Crippen LogP contribution in [0.4, 0.5) is 13.2 Å². The molecule has 1 heterocycles. The second kappa shape index (κ2) is 5.31. The molecule has 2 aromatic rings. The molecule has 4 nitrogen and oxygen atoms in total. The van der Waals surface area contributed by atoms with Crippen LogP contribution in [0.2, 0.25) is 0 Å². The lowest BCUT2D eigenvalue weighted by molar-refractivity contribution is -0.274. The minimum Gasteiger partial charge on any atom is -0.406 e. The van der Waals surface area contributed by atoms with Gasteiger partial charge in [0.1, 0.15) is 5.75 Å². The third-order valence-electron chi connectivity index (χ3n) is 2.29. The third-order valence-corrected chi connectivity index (χ3v) is 2.29. The lowest BCUT2D eigenvalue weighted by Gasteiger charge is -2.08. The van der Waals surface area contributed by atoms with Gasteiger partial charge in [0, 0.05) is 18.2 Å². The van der Waals surface area contributed by atoms with Crippen molar-refractivity contribution in [3.05, 3.63) is 36.0 Å². The maximum atomic E-state index is 12.0. The van der Waals surface area contributed by atoms with E-state index in [0.717, 1.165) is 0 Å². The summed E-state index contributed by atoms with van der Waals surface area (Å²) in [7, 11) is 1.78. The molecule has 7 heteroatoms. The summed E-state index contributed by atoms with van der Waals surface area (Å²) in [6.45, 7) is 0.554. The second-order valence-electron chi connectivity index (χ2n) is 3.79. The van der Waals surface area contributed by atoms with Gasteiger partial charge in [0.2, 0.25) is 0 Å². The average Bonchev–Trinajstić information content (AvgIpc) is 2.77. The van der Waals surface area contributed by atoms with Crippen molar-refractivity contribution in [2.75, 3.05) is 7.05 Å². The molecule has 0 aliphatic carbocycles. The van der Waals surface area contributed by atoms with Gasteiger partial charge in [-0.15, -0.1) is 13.2 Å². The van der Waals surface area contributed by atoms with Crippen LogP contribution in [0, 0.1) is 0 Å². The average molecular weight is 272 g/mol. The molecule has 0 saturated heterocycles. The Morgan fingerprint density at radius 1 is 1.26 bits per heavy atom. The van der Waals surface area contributed by atoms with Crippen LogP contribution >= 0.6 is 0 Å². The Morgan fingerprint density at radius 3 is 2.53 bits per heavy atom. The highest BCUT2D eigenvalue weighted by Gasteiger charge is 2.30. The Morgan fingerprint density at radius 2 is 1.95 bits per heavy atom. The quantitative estimate of drug-likeness (QED) is 0.929. The van der Waals surface area contributed by atoms with Crippen LogP contribution in [-0.4, -0.2) is 18.6 Å². The number of hydrogen-bond acceptors (Lipinski definition) is 4. The van der Waals surface area contributed by atoms with Crippen molar-refractivity contribution >= 4 is 0 Å². The zero-order valence-electron chi connectivity index (χ0n) is 9.99. The number of aromatic nitrogens is 1. The molecule has 0 unspecified atom stereocenters. The Labute approximate surface area is 107 Å². The van der Waals surface area contributed by atoms with Gasteiger partial charge in [-0.2, -0.15) is 0 Å². The van der Waals surface area contributed by atoms with E-state index in [2.05, 4.69) is 15.2 Å². The van der Waals surface area contributed by atoms with Crippen LogP contribution in [-0.2, 0) is 6.54 Å². The summed E-state index contributed by atoms with van der Waals surface area (Å²) in [5.41, 5.74) is 1.34. The van der Waals surface area contributed by atoms with Gasteiger partial charge in [0.05, 0.1) is 5.69 Å². The predicted octanol–water partition coefficient (Wildman–Crippen LogP) is 2.96. The summed E-state index contributed by atoms with van der Waals surface area (Å²) in [4.78, 5) is 0. The zero-order chi connectivity index (χ0) is 13.9. The fourth-order valence-corrected chi connectivity index (χ4v) is 1.53. The van der Waals surface area contributed by atoms with Crippen LogP contribution < -0.4 is 10.1 Å². The summed E-state index contributed by atoms with van der Waals surface area (Å²) in [6, 6.07) is 7.12. The SMILES string of the molecule is CNCc1cc(-c2ccc(OC(F)(F)F)cc2)on1. The molecule has 2 rings (SSSR count). The number of alkyl halides is 3. The zero-order valence-corrected chi connectivity index (χ0v) is 9.99. The lowest BCUT2D eigenvalue weighted by Crippen LogP contribution is -2.16. The van der Waals surface area contributed by atoms with Gasteiger partial charge in [-0.25, -0.2) is 0 Å². The molecule has 0 atom stereocenters. The van der Waals surface area contributed by atoms with Crippen molar-refractivity contribution in [1.29, 1.82) is 0 Å². The minimum absolute atomic E-state index is 0.272. The van der Waals surface area contributed by atoms with Crippen molar-refractivity contribution in [2.24, 2.45) is 0 Å². The van der Waals surface area contributed by atoms with Gasteiger partial charge in [-0.05, 0) is 31.3 Å². The highest BCUT2D eigenvalue weighted by Crippen LogP contribution is 2.26. The first kappa shape index (κ1) is 13.4. The smallest absolute Gasteiger partial charge is 0.406 e. The molecule has 0 saturated carbocycles. The molecular weight excluding hydrogens is 261 g/mol. The summed E-state index contributed by atoms with van der Waals surface area (Å²) < 4.78 is 44.9. The Balaban J connectivity index is 2.13. The number of hydrogen-bond donors (Lipinski definition) is 1. The molecule has 0 aliphatic rings. The number of nitrogens with one attached hydrogen (secondary N) is 1. The fourth-order valence-electron chi connectivity index (χ4n) is 1.53. The van der Waals surface area contributed by atoms with E-state index in [0.29, 0.717) is 23.6 Å².